The van der Waals surface area contributed by atoms with Crippen LogP contribution in [0.4, 0.5) is 0 Å². The monoisotopic (exact) mass is 382 g/mol. The zero-order valence-electron chi connectivity index (χ0n) is 15.4. The third-order valence-electron chi connectivity index (χ3n) is 5.10. The van der Waals surface area contributed by atoms with Crippen LogP contribution in [0.5, 0.6) is 5.75 Å². The van der Waals surface area contributed by atoms with Crippen molar-refractivity contribution in [3.05, 3.63) is 59.1 Å². The van der Waals surface area contributed by atoms with Gasteiger partial charge in [0, 0.05) is 29.1 Å². The van der Waals surface area contributed by atoms with Gasteiger partial charge in [-0.05, 0) is 55.3 Å². The van der Waals surface area contributed by atoms with E-state index < -0.39 is 0 Å². The van der Waals surface area contributed by atoms with Crippen LogP contribution in [0.15, 0.2) is 48.5 Å². The lowest BCUT2D eigenvalue weighted by Gasteiger charge is -2.30. The molecule has 0 unspecified atom stereocenters. The Balaban J connectivity index is 1.83. The molecule has 4 nitrogen and oxygen atoms in total. The number of rotatable bonds is 4. The molecule has 1 fully saturated rings. The van der Waals surface area contributed by atoms with Crippen molar-refractivity contribution in [2.75, 3.05) is 20.2 Å². The van der Waals surface area contributed by atoms with Gasteiger partial charge in [-0.15, -0.1) is 0 Å². The van der Waals surface area contributed by atoms with Crippen LogP contribution in [-0.4, -0.2) is 41.3 Å². The largest absolute Gasteiger partial charge is 0.496 e. The highest BCUT2D eigenvalue weighted by Crippen LogP contribution is 2.34. The normalized spacial score (nSPS) is 18.0. The van der Waals surface area contributed by atoms with E-state index in [0.717, 1.165) is 59.4 Å². The Morgan fingerprint density at radius 2 is 2.07 bits per heavy atom. The number of aliphatic hydroxyl groups excluding tert-OH is 1. The Bertz CT molecular complexity index is 960. The van der Waals surface area contributed by atoms with Crippen LogP contribution in [0.1, 0.15) is 18.4 Å². The molecule has 2 heterocycles. The first-order valence-corrected chi connectivity index (χ1v) is 9.65. The van der Waals surface area contributed by atoms with Gasteiger partial charge >= 0.3 is 0 Å². The molecule has 1 saturated heterocycles. The number of β-amino-alcohol motifs (C(OH)–C–C–N with tert-alkyl or cyclic N) is 1. The molecule has 0 radical (unpaired) electrons. The lowest BCUT2D eigenvalue weighted by Crippen LogP contribution is -2.37. The number of nitrogens with zero attached hydrogens (tertiary/aromatic N) is 2. The Morgan fingerprint density at radius 3 is 2.89 bits per heavy atom. The van der Waals surface area contributed by atoms with E-state index in [9.17, 15) is 5.11 Å². The summed E-state index contributed by atoms with van der Waals surface area (Å²) in [6.45, 7) is 2.43. The fourth-order valence-electron chi connectivity index (χ4n) is 3.79. The summed E-state index contributed by atoms with van der Waals surface area (Å²) in [5, 5.41) is 11.8. The minimum atomic E-state index is -0.249. The van der Waals surface area contributed by atoms with Crippen LogP contribution in [-0.2, 0) is 6.54 Å². The van der Waals surface area contributed by atoms with E-state index in [-0.39, 0.29) is 6.10 Å². The average Bonchev–Trinajstić information content (AvgIpc) is 2.67. The molecule has 5 heteroatoms. The minimum absolute atomic E-state index is 0.249. The number of pyridine rings is 1. The smallest absolute Gasteiger partial charge is 0.128 e. The average molecular weight is 383 g/mol. The highest BCUT2D eigenvalue weighted by molar-refractivity contribution is 6.31. The van der Waals surface area contributed by atoms with Gasteiger partial charge in [-0.2, -0.15) is 0 Å². The Hall–Kier alpha value is -2.14. The van der Waals surface area contributed by atoms with Crippen molar-refractivity contribution in [2.45, 2.75) is 25.5 Å². The number of likely N-dealkylation sites (tertiary alicyclic amines) is 1. The van der Waals surface area contributed by atoms with Gasteiger partial charge < -0.3 is 9.84 Å². The topological polar surface area (TPSA) is 45.6 Å². The van der Waals surface area contributed by atoms with E-state index in [0.29, 0.717) is 11.6 Å². The maximum absolute atomic E-state index is 10.0. The number of ether oxygens (including phenoxy) is 1. The van der Waals surface area contributed by atoms with Crippen molar-refractivity contribution in [1.82, 2.24) is 9.88 Å². The Labute approximate surface area is 164 Å². The standard InChI is InChI=1S/C22H23ClN2O2/c1-27-21-7-3-2-6-19(21)22-16(13-25-10-4-5-18(26)14-25)11-15-8-9-17(23)12-20(15)24-22/h2-3,6-9,11-12,18,26H,4-5,10,13-14H2,1H3/t18-/m0/s1. The van der Waals surface area contributed by atoms with E-state index in [4.69, 9.17) is 21.3 Å². The molecule has 4 rings (SSSR count). The molecule has 0 saturated carbocycles. The van der Waals surface area contributed by atoms with Gasteiger partial charge in [0.2, 0.25) is 0 Å². The number of para-hydroxylation sites is 1. The molecule has 0 bridgehead atoms. The number of hydrogen-bond acceptors (Lipinski definition) is 4. The maximum atomic E-state index is 10.0. The Kier molecular flexibility index (Phi) is 5.30. The number of fused-ring (bicyclic) bond motifs is 1. The van der Waals surface area contributed by atoms with Crippen molar-refractivity contribution >= 4 is 22.5 Å². The highest BCUT2D eigenvalue weighted by atomic mass is 35.5. The molecule has 1 aromatic heterocycles. The number of piperidine rings is 1. The molecule has 0 spiro atoms. The first-order chi connectivity index (χ1) is 13.1. The predicted octanol–water partition coefficient (Wildman–Crippen LogP) is 4.52. The molecule has 0 aliphatic carbocycles. The van der Waals surface area contributed by atoms with Gasteiger partial charge in [-0.1, -0.05) is 29.8 Å². The number of hydrogen-bond donors (Lipinski definition) is 1. The van der Waals surface area contributed by atoms with E-state index in [1.54, 1.807) is 7.11 Å². The molecule has 1 N–H and O–H groups in total. The van der Waals surface area contributed by atoms with Crippen molar-refractivity contribution in [3.63, 3.8) is 0 Å². The zero-order chi connectivity index (χ0) is 18.8. The summed E-state index contributed by atoms with van der Waals surface area (Å²) in [5.41, 5.74) is 3.87. The first kappa shape index (κ1) is 18.2. The van der Waals surface area contributed by atoms with Crippen LogP contribution < -0.4 is 4.74 Å². The molecule has 1 atom stereocenters. The predicted molar refractivity (Wildman–Crippen MR) is 109 cm³/mol. The van der Waals surface area contributed by atoms with E-state index in [2.05, 4.69) is 11.0 Å². The van der Waals surface area contributed by atoms with Crippen LogP contribution in [0, 0.1) is 0 Å². The number of halogens is 1. The summed E-state index contributed by atoms with van der Waals surface area (Å²) in [6, 6.07) is 15.9. The van der Waals surface area contributed by atoms with Crippen LogP contribution in [0.2, 0.25) is 5.02 Å². The summed E-state index contributed by atoms with van der Waals surface area (Å²) >= 11 is 6.19. The molecule has 1 aliphatic rings. The number of benzene rings is 2. The van der Waals surface area contributed by atoms with E-state index >= 15 is 0 Å². The molecule has 140 valence electrons. The van der Waals surface area contributed by atoms with Crippen LogP contribution in [0.3, 0.4) is 0 Å². The number of methoxy groups -OCH3 is 1. The zero-order valence-corrected chi connectivity index (χ0v) is 16.1. The van der Waals surface area contributed by atoms with Gasteiger partial charge in [0.05, 0.1) is 24.4 Å². The lowest BCUT2D eigenvalue weighted by molar-refractivity contribution is 0.0669. The quantitative estimate of drug-likeness (QED) is 0.720. The number of aromatic nitrogens is 1. The fraction of sp³-hybridized carbons (Fsp3) is 0.318. The molecular formula is C22H23ClN2O2. The van der Waals surface area contributed by atoms with Gasteiger partial charge in [-0.25, -0.2) is 4.98 Å². The number of aliphatic hydroxyl groups is 1. The third kappa shape index (κ3) is 3.93. The summed E-state index contributed by atoms with van der Waals surface area (Å²) in [7, 11) is 1.68. The fourth-order valence-corrected chi connectivity index (χ4v) is 3.96. The molecule has 27 heavy (non-hydrogen) atoms. The third-order valence-corrected chi connectivity index (χ3v) is 5.33. The van der Waals surface area contributed by atoms with Crippen molar-refractivity contribution in [2.24, 2.45) is 0 Å². The second kappa shape index (κ2) is 7.85. The Morgan fingerprint density at radius 1 is 1.22 bits per heavy atom. The van der Waals surface area contributed by atoms with Gasteiger partial charge in [0.1, 0.15) is 5.75 Å². The summed E-state index contributed by atoms with van der Waals surface area (Å²) in [4.78, 5) is 7.24. The summed E-state index contributed by atoms with van der Waals surface area (Å²) in [5.74, 6) is 0.798. The van der Waals surface area contributed by atoms with Gasteiger partial charge in [0.25, 0.3) is 0 Å². The van der Waals surface area contributed by atoms with E-state index in [1.807, 2.05) is 42.5 Å². The van der Waals surface area contributed by atoms with Crippen LogP contribution in [0.25, 0.3) is 22.2 Å². The molecule has 2 aromatic carbocycles. The van der Waals surface area contributed by atoms with Crippen LogP contribution >= 0.6 is 11.6 Å². The van der Waals surface area contributed by atoms with Crippen molar-refractivity contribution in [1.29, 1.82) is 0 Å². The molecule has 0 amide bonds. The summed E-state index contributed by atoms with van der Waals surface area (Å²) in [6.07, 6.45) is 1.65. The lowest BCUT2D eigenvalue weighted by atomic mass is 10.0. The molecule has 1 aliphatic heterocycles. The summed E-state index contributed by atoms with van der Waals surface area (Å²) < 4.78 is 5.58. The van der Waals surface area contributed by atoms with Crippen molar-refractivity contribution in [3.8, 4) is 17.0 Å². The second-order valence-corrected chi connectivity index (χ2v) is 7.50. The first-order valence-electron chi connectivity index (χ1n) is 9.27. The highest BCUT2D eigenvalue weighted by Gasteiger charge is 2.21. The van der Waals surface area contributed by atoms with E-state index in [1.165, 1.54) is 0 Å². The maximum Gasteiger partial charge on any atom is 0.128 e. The minimum Gasteiger partial charge on any atom is -0.496 e. The second-order valence-electron chi connectivity index (χ2n) is 7.06. The molecule has 3 aromatic rings. The SMILES string of the molecule is COc1ccccc1-c1nc2cc(Cl)ccc2cc1CN1CCC[C@H](O)C1. The van der Waals surface area contributed by atoms with Crippen molar-refractivity contribution < 1.29 is 9.84 Å². The molecular weight excluding hydrogens is 360 g/mol. The van der Waals surface area contributed by atoms with Gasteiger partial charge in [0.15, 0.2) is 0 Å². The van der Waals surface area contributed by atoms with Gasteiger partial charge in [-0.3, -0.25) is 4.90 Å².